The van der Waals surface area contributed by atoms with E-state index < -0.39 is 0 Å². The van der Waals surface area contributed by atoms with Crippen LogP contribution in [0.5, 0.6) is 0 Å². The first-order valence-electron chi connectivity index (χ1n) is 4.74. The minimum Gasteiger partial charge on any atom is -0.343 e. The summed E-state index contributed by atoms with van der Waals surface area (Å²) in [5, 5.41) is 0. The predicted molar refractivity (Wildman–Crippen MR) is 49.8 cm³/mol. The molecule has 0 heterocycles. The Morgan fingerprint density at radius 3 is 2.31 bits per heavy atom. The number of carbonyl (C=O) groups excluding carboxylic acids is 1. The van der Waals surface area contributed by atoms with Gasteiger partial charge >= 0.3 is 0 Å². The molecule has 1 amide bonds. The van der Waals surface area contributed by atoms with E-state index in [2.05, 4.69) is 0 Å². The van der Waals surface area contributed by atoms with Crippen molar-refractivity contribution in [2.75, 3.05) is 7.05 Å². The molecule has 4 nitrogen and oxygen atoms in total. The molecular formula is C9H18N2O2. The molecule has 76 valence electrons. The SMILES string of the molecule is CC(=O)N(C)C1CCC(ON)CC1. The highest BCUT2D eigenvalue weighted by molar-refractivity contribution is 5.73. The smallest absolute Gasteiger partial charge is 0.219 e. The molecule has 0 atom stereocenters. The Hall–Kier alpha value is -0.610. The number of nitrogens with two attached hydrogens (primary N) is 1. The summed E-state index contributed by atoms with van der Waals surface area (Å²) >= 11 is 0. The Balaban J connectivity index is 2.36. The maximum Gasteiger partial charge on any atom is 0.219 e. The van der Waals surface area contributed by atoms with E-state index in [0.29, 0.717) is 6.04 Å². The van der Waals surface area contributed by atoms with Gasteiger partial charge in [0.1, 0.15) is 0 Å². The van der Waals surface area contributed by atoms with Crippen molar-refractivity contribution in [1.82, 2.24) is 4.90 Å². The lowest BCUT2D eigenvalue weighted by Gasteiger charge is -2.33. The quantitative estimate of drug-likeness (QED) is 0.645. The van der Waals surface area contributed by atoms with Gasteiger partial charge in [0.15, 0.2) is 0 Å². The highest BCUT2D eigenvalue weighted by Crippen LogP contribution is 2.23. The fraction of sp³-hybridized carbons (Fsp3) is 0.889. The van der Waals surface area contributed by atoms with Gasteiger partial charge in [-0.25, -0.2) is 5.90 Å². The first-order valence-corrected chi connectivity index (χ1v) is 4.74. The van der Waals surface area contributed by atoms with E-state index in [4.69, 9.17) is 10.7 Å². The van der Waals surface area contributed by atoms with Gasteiger partial charge in [-0.15, -0.1) is 0 Å². The second-order valence-electron chi connectivity index (χ2n) is 3.70. The monoisotopic (exact) mass is 186 g/mol. The van der Waals surface area contributed by atoms with E-state index in [1.165, 1.54) is 0 Å². The van der Waals surface area contributed by atoms with Gasteiger partial charge in [0.25, 0.3) is 0 Å². The molecule has 0 aromatic carbocycles. The maximum atomic E-state index is 11.1. The second kappa shape index (κ2) is 4.58. The van der Waals surface area contributed by atoms with Gasteiger partial charge in [0, 0.05) is 20.0 Å². The van der Waals surface area contributed by atoms with Crippen molar-refractivity contribution in [3.63, 3.8) is 0 Å². The molecule has 1 rings (SSSR count). The zero-order valence-corrected chi connectivity index (χ0v) is 8.32. The van der Waals surface area contributed by atoms with E-state index in [1.807, 2.05) is 11.9 Å². The van der Waals surface area contributed by atoms with E-state index in [0.717, 1.165) is 25.7 Å². The van der Waals surface area contributed by atoms with Crippen LogP contribution in [0.2, 0.25) is 0 Å². The van der Waals surface area contributed by atoms with Gasteiger partial charge in [0.05, 0.1) is 6.10 Å². The van der Waals surface area contributed by atoms with Crippen LogP contribution in [0, 0.1) is 0 Å². The lowest BCUT2D eigenvalue weighted by molar-refractivity contribution is -0.130. The van der Waals surface area contributed by atoms with Crippen LogP contribution in [-0.2, 0) is 9.63 Å². The number of amides is 1. The third-order valence-electron chi connectivity index (χ3n) is 2.88. The average molecular weight is 186 g/mol. The Morgan fingerprint density at radius 2 is 1.92 bits per heavy atom. The molecule has 4 heteroatoms. The highest BCUT2D eigenvalue weighted by Gasteiger charge is 2.25. The first-order chi connectivity index (χ1) is 6.15. The van der Waals surface area contributed by atoms with Crippen molar-refractivity contribution in [2.45, 2.75) is 44.8 Å². The Kier molecular flexibility index (Phi) is 3.69. The number of rotatable bonds is 2. The molecule has 1 aliphatic carbocycles. The second-order valence-corrected chi connectivity index (χ2v) is 3.70. The number of carbonyl (C=O) groups is 1. The van der Waals surface area contributed by atoms with Gasteiger partial charge in [-0.1, -0.05) is 0 Å². The van der Waals surface area contributed by atoms with Crippen LogP contribution in [0.25, 0.3) is 0 Å². The van der Waals surface area contributed by atoms with E-state index in [9.17, 15) is 4.79 Å². The summed E-state index contributed by atoms with van der Waals surface area (Å²) in [6, 6.07) is 0.379. The Bertz CT molecular complexity index is 176. The largest absolute Gasteiger partial charge is 0.343 e. The van der Waals surface area contributed by atoms with Crippen molar-refractivity contribution in [3.05, 3.63) is 0 Å². The fourth-order valence-electron chi connectivity index (χ4n) is 1.83. The molecule has 0 radical (unpaired) electrons. The van der Waals surface area contributed by atoms with Crippen molar-refractivity contribution in [1.29, 1.82) is 0 Å². The zero-order valence-electron chi connectivity index (χ0n) is 8.32. The van der Waals surface area contributed by atoms with Crippen molar-refractivity contribution in [3.8, 4) is 0 Å². The van der Waals surface area contributed by atoms with Crippen LogP contribution >= 0.6 is 0 Å². The average Bonchev–Trinajstić information content (AvgIpc) is 2.17. The third kappa shape index (κ3) is 2.67. The van der Waals surface area contributed by atoms with Gasteiger partial charge < -0.3 is 9.74 Å². The van der Waals surface area contributed by atoms with Crippen LogP contribution < -0.4 is 5.90 Å². The Labute approximate surface area is 79.0 Å². The van der Waals surface area contributed by atoms with Crippen LogP contribution in [0.3, 0.4) is 0 Å². The molecule has 1 saturated carbocycles. The van der Waals surface area contributed by atoms with Crippen LogP contribution in [0.4, 0.5) is 0 Å². The summed E-state index contributed by atoms with van der Waals surface area (Å²) in [4.78, 5) is 17.7. The lowest BCUT2D eigenvalue weighted by atomic mass is 9.92. The summed E-state index contributed by atoms with van der Waals surface area (Å²) in [5.41, 5.74) is 0. The number of nitrogens with zero attached hydrogens (tertiary/aromatic N) is 1. The van der Waals surface area contributed by atoms with Gasteiger partial charge in [-0.3, -0.25) is 4.79 Å². The molecule has 0 bridgehead atoms. The predicted octanol–water partition coefficient (Wildman–Crippen LogP) is 0.666. The minimum atomic E-state index is 0.136. The molecular weight excluding hydrogens is 168 g/mol. The molecule has 0 aromatic heterocycles. The summed E-state index contributed by atoms with van der Waals surface area (Å²) in [7, 11) is 1.86. The van der Waals surface area contributed by atoms with Gasteiger partial charge in [-0.05, 0) is 25.7 Å². The standard InChI is InChI=1S/C9H18N2O2/c1-7(12)11(2)8-3-5-9(13-10)6-4-8/h8-9H,3-6,10H2,1-2H3. The summed E-state index contributed by atoms with van der Waals surface area (Å²) in [5.74, 6) is 5.24. The minimum absolute atomic E-state index is 0.136. The summed E-state index contributed by atoms with van der Waals surface area (Å²) in [6.07, 6.45) is 4.10. The topological polar surface area (TPSA) is 55.6 Å². The first kappa shape index (κ1) is 10.5. The molecule has 0 spiro atoms. The van der Waals surface area contributed by atoms with E-state index in [1.54, 1.807) is 6.92 Å². The molecule has 1 aliphatic rings. The molecule has 13 heavy (non-hydrogen) atoms. The van der Waals surface area contributed by atoms with E-state index >= 15 is 0 Å². The summed E-state index contributed by atoms with van der Waals surface area (Å²) in [6.45, 7) is 1.60. The molecule has 0 unspecified atom stereocenters. The van der Waals surface area contributed by atoms with Gasteiger partial charge in [0.2, 0.25) is 5.91 Å². The molecule has 2 N–H and O–H groups in total. The fourth-order valence-corrected chi connectivity index (χ4v) is 1.83. The van der Waals surface area contributed by atoms with Crippen LogP contribution in [0.1, 0.15) is 32.6 Å². The van der Waals surface area contributed by atoms with Crippen LogP contribution in [-0.4, -0.2) is 30.0 Å². The molecule has 0 aromatic rings. The summed E-state index contributed by atoms with van der Waals surface area (Å²) < 4.78 is 0. The third-order valence-corrected chi connectivity index (χ3v) is 2.88. The lowest BCUT2D eigenvalue weighted by Crippen LogP contribution is -2.39. The van der Waals surface area contributed by atoms with Crippen molar-refractivity contribution < 1.29 is 9.63 Å². The number of hydrogen-bond acceptors (Lipinski definition) is 3. The molecule has 1 fully saturated rings. The zero-order chi connectivity index (χ0) is 9.84. The maximum absolute atomic E-state index is 11.1. The normalized spacial score (nSPS) is 28.5. The van der Waals surface area contributed by atoms with Crippen molar-refractivity contribution >= 4 is 5.91 Å². The highest BCUT2D eigenvalue weighted by atomic mass is 16.6. The molecule has 0 saturated heterocycles. The van der Waals surface area contributed by atoms with Crippen molar-refractivity contribution in [2.24, 2.45) is 5.90 Å². The number of hydrogen-bond donors (Lipinski definition) is 1. The Morgan fingerprint density at radius 1 is 1.38 bits per heavy atom. The molecule has 0 aliphatic heterocycles. The van der Waals surface area contributed by atoms with Gasteiger partial charge in [-0.2, -0.15) is 0 Å². The van der Waals surface area contributed by atoms with Crippen LogP contribution in [0.15, 0.2) is 0 Å². The van der Waals surface area contributed by atoms with E-state index in [-0.39, 0.29) is 12.0 Å².